The van der Waals surface area contributed by atoms with Crippen molar-refractivity contribution in [1.29, 1.82) is 0 Å². The van der Waals surface area contributed by atoms with Gasteiger partial charge in [0.25, 0.3) is 0 Å². The van der Waals surface area contributed by atoms with Crippen LogP contribution in [-0.4, -0.2) is 26.2 Å². The molecule has 0 atom stereocenters. The van der Waals surface area contributed by atoms with E-state index in [0.29, 0.717) is 22.4 Å². The van der Waals surface area contributed by atoms with Crippen molar-refractivity contribution in [3.63, 3.8) is 0 Å². The highest BCUT2D eigenvalue weighted by molar-refractivity contribution is 6.02. The molecule has 5 heteroatoms. The van der Waals surface area contributed by atoms with Crippen LogP contribution in [0, 0.1) is 6.92 Å². The third-order valence-corrected chi connectivity index (χ3v) is 4.39. The predicted molar refractivity (Wildman–Crippen MR) is 104 cm³/mol. The van der Waals surface area contributed by atoms with Crippen molar-refractivity contribution in [1.82, 2.24) is 9.97 Å². The largest absolute Gasteiger partial charge is 0.508 e. The van der Waals surface area contributed by atoms with Crippen molar-refractivity contribution in [3.8, 4) is 28.3 Å². The van der Waals surface area contributed by atoms with Crippen molar-refractivity contribution in [3.05, 3.63) is 77.9 Å². The van der Waals surface area contributed by atoms with Crippen molar-refractivity contribution in [2.45, 2.75) is 6.92 Å². The van der Waals surface area contributed by atoms with Gasteiger partial charge in [0.05, 0.1) is 22.5 Å². The first-order chi connectivity index (χ1) is 13.0. The molecular weight excluding hydrogens is 340 g/mol. The van der Waals surface area contributed by atoms with Crippen molar-refractivity contribution < 1.29 is 15.0 Å². The van der Waals surface area contributed by atoms with E-state index in [2.05, 4.69) is 4.98 Å². The molecule has 0 amide bonds. The van der Waals surface area contributed by atoms with Gasteiger partial charge in [0, 0.05) is 11.1 Å². The Morgan fingerprint density at radius 1 is 0.815 bits per heavy atom. The molecule has 132 valence electrons. The molecule has 5 nitrogen and oxygen atoms in total. The third-order valence-electron chi connectivity index (χ3n) is 4.39. The van der Waals surface area contributed by atoms with Gasteiger partial charge in [-0.1, -0.05) is 35.9 Å². The summed E-state index contributed by atoms with van der Waals surface area (Å²) in [5.74, 6) is -0.898. The summed E-state index contributed by atoms with van der Waals surface area (Å²) in [5.41, 5.74) is 4.96. The maximum atomic E-state index is 11.6. The number of aromatic nitrogens is 2. The minimum absolute atomic E-state index is 0.107. The number of hydrogen-bond donors (Lipinski definition) is 2. The number of carboxylic acid groups (broad SMARTS) is 1. The molecule has 4 rings (SSSR count). The van der Waals surface area contributed by atoms with Crippen LogP contribution in [0.1, 0.15) is 15.9 Å². The first-order valence-corrected chi connectivity index (χ1v) is 8.43. The Hall–Kier alpha value is -3.73. The molecule has 0 aliphatic heterocycles. The highest BCUT2D eigenvalue weighted by atomic mass is 16.4. The number of aromatic carboxylic acids is 1. The summed E-state index contributed by atoms with van der Waals surface area (Å²) in [6.45, 7) is 2.01. The van der Waals surface area contributed by atoms with E-state index in [1.807, 2.05) is 31.2 Å². The summed E-state index contributed by atoms with van der Waals surface area (Å²) >= 11 is 0. The van der Waals surface area contributed by atoms with Gasteiger partial charge in [-0.25, -0.2) is 14.8 Å². The standard InChI is InChI=1S/C22H16N2O3/c1-13-5-7-14(8-6-13)19-20(15-9-11-16(25)12-10-15)24-21-17(22(26)27)3-2-4-18(21)23-19/h2-12,25H,1H3,(H,26,27). The van der Waals surface area contributed by atoms with E-state index in [-0.39, 0.29) is 11.3 Å². The molecular formula is C22H16N2O3. The van der Waals surface area contributed by atoms with Crippen LogP contribution in [0.25, 0.3) is 33.5 Å². The quantitative estimate of drug-likeness (QED) is 0.557. The van der Waals surface area contributed by atoms with Crippen LogP contribution in [0.4, 0.5) is 0 Å². The fraction of sp³-hybridized carbons (Fsp3) is 0.0455. The van der Waals surface area contributed by atoms with E-state index >= 15 is 0 Å². The molecule has 4 aromatic rings. The Morgan fingerprint density at radius 2 is 1.41 bits per heavy atom. The Balaban J connectivity index is 2.05. The number of rotatable bonds is 3. The van der Waals surface area contributed by atoms with E-state index in [1.54, 1.807) is 36.4 Å². The number of benzene rings is 3. The van der Waals surface area contributed by atoms with Crippen LogP contribution in [0.3, 0.4) is 0 Å². The van der Waals surface area contributed by atoms with Gasteiger partial charge >= 0.3 is 5.97 Å². The average molecular weight is 356 g/mol. The number of hydrogen-bond acceptors (Lipinski definition) is 4. The first kappa shape index (κ1) is 16.7. The number of carbonyl (C=O) groups is 1. The number of nitrogens with zero attached hydrogens (tertiary/aromatic N) is 2. The average Bonchev–Trinajstić information content (AvgIpc) is 2.67. The first-order valence-electron chi connectivity index (χ1n) is 8.43. The molecule has 1 aromatic heterocycles. The van der Waals surface area contributed by atoms with Crippen LogP contribution in [0.2, 0.25) is 0 Å². The van der Waals surface area contributed by atoms with Crippen LogP contribution in [0.15, 0.2) is 66.7 Å². The molecule has 0 unspecified atom stereocenters. The molecule has 0 aliphatic carbocycles. The van der Waals surface area contributed by atoms with Crippen molar-refractivity contribution >= 4 is 17.0 Å². The minimum atomic E-state index is -1.05. The maximum absolute atomic E-state index is 11.6. The molecule has 0 saturated heterocycles. The second-order valence-electron chi connectivity index (χ2n) is 6.31. The highest BCUT2D eigenvalue weighted by Crippen LogP contribution is 2.32. The Morgan fingerprint density at radius 3 is 2.04 bits per heavy atom. The van der Waals surface area contributed by atoms with Crippen molar-refractivity contribution in [2.75, 3.05) is 0 Å². The fourth-order valence-electron chi connectivity index (χ4n) is 2.98. The molecule has 2 N–H and O–H groups in total. The lowest BCUT2D eigenvalue weighted by atomic mass is 10.0. The van der Waals surface area contributed by atoms with Crippen LogP contribution >= 0.6 is 0 Å². The van der Waals surface area contributed by atoms with E-state index in [9.17, 15) is 15.0 Å². The Bertz CT molecular complexity index is 1150. The lowest BCUT2D eigenvalue weighted by Crippen LogP contribution is -2.02. The van der Waals surface area contributed by atoms with Crippen LogP contribution in [0.5, 0.6) is 5.75 Å². The van der Waals surface area contributed by atoms with Gasteiger partial charge in [0.2, 0.25) is 0 Å². The topological polar surface area (TPSA) is 83.3 Å². The molecule has 0 bridgehead atoms. The zero-order valence-corrected chi connectivity index (χ0v) is 14.5. The smallest absolute Gasteiger partial charge is 0.337 e. The fourth-order valence-corrected chi connectivity index (χ4v) is 2.98. The zero-order valence-electron chi connectivity index (χ0n) is 14.5. The summed E-state index contributed by atoms with van der Waals surface area (Å²) < 4.78 is 0. The molecule has 0 spiro atoms. The van der Waals surface area contributed by atoms with Gasteiger partial charge in [-0.3, -0.25) is 0 Å². The molecule has 0 aliphatic rings. The molecule has 0 saturated carbocycles. The minimum Gasteiger partial charge on any atom is -0.508 e. The summed E-state index contributed by atoms with van der Waals surface area (Å²) in [4.78, 5) is 21.0. The second kappa shape index (κ2) is 6.53. The lowest BCUT2D eigenvalue weighted by molar-refractivity contribution is 0.0699. The van der Waals surface area contributed by atoms with E-state index < -0.39 is 5.97 Å². The van der Waals surface area contributed by atoms with Gasteiger partial charge in [-0.2, -0.15) is 0 Å². The monoisotopic (exact) mass is 356 g/mol. The predicted octanol–water partition coefficient (Wildman–Crippen LogP) is 4.68. The Kier molecular flexibility index (Phi) is 4.05. The number of para-hydroxylation sites is 1. The Labute approximate surface area is 155 Å². The summed E-state index contributed by atoms with van der Waals surface area (Å²) in [6, 6.07) is 19.5. The van der Waals surface area contributed by atoms with E-state index in [4.69, 9.17) is 4.98 Å². The summed E-state index contributed by atoms with van der Waals surface area (Å²) in [5, 5.41) is 19.1. The van der Waals surface area contributed by atoms with Gasteiger partial charge in [-0.15, -0.1) is 0 Å². The second-order valence-corrected chi connectivity index (χ2v) is 6.31. The molecule has 1 heterocycles. The van der Waals surface area contributed by atoms with E-state index in [1.165, 1.54) is 6.07 Å². The maximum Gasteiger partial charge on any atom is 0.337 e. The van der Waals surface area contributed by atoms with E-state index in [0.717, 1.165) is 16.7 Å². The third kappa shape index (κ3) is 3.11. The van der Waals surface area contributed by atoms with Gasteiger partial charge < -0.3 is 10.2 Å². The van der Waals surface area contributed by atoms with Crippen molar-refractivity contribution in [2.24, 2.45) is 0 Å². The van der Waals surface area contributed by atoms with Gasteiger partial charge in [0.1, 0.15) is 11.3 Å². The number of fused-ring (bicyclic) bond motifs is 1. The number of phenols is 1. The number of aryl methyl sites for hydroxylation is 1. The molecule has 27 heavy (non-hydrogen) atoms. The normalized spacial score (nSPS) is 10.9. The molecule has 0 radical (unpaired) electrons. The highest BCUT2D eigenvalue weighted by Gasteiger charge is 2.17. The summed E-state index contributed by atoms with van der Waals surface area (Å²) in [6.07, 6.45) is 0. The SMILES string of the molecule is Cc1ccc(-c2nc3cccc(C(=O)O)c3nc2-c2ccc(O)cc2)cc1. The number of phenolic OH excluding ortho intramolecular Hbond substituents is 1. The summed E-state index contributed by atoms with van der Waals surface area (Å²) in [7, 11) is 0. The van der Waals surface area contributed by atoms with Crippen LogP contribution in [-0.2, 0) is 0 Å². The van der Waals surface area contributed by atoms with Gasteiger partial charge in [-0.05, 0) is 43.3 Å². The zero-order chi connectivity index (χ0) is 19.0. The molecule has 3 aromatic carbocycles. The number of aromatic hydroxyl groups is 1. The number of carboxylic acids is 1. The lowest BCUT2D eigenvalue weighted by Gasteiger charge is -2.12. The molecule has 0 fully saturated rings. The van der Waals surface area contributed by atoms with Gasteiger partial charge in [0.15, 0.2) is 0 Å². The van der Waals surface area contributed by atoms with Crippen LogP contribution < -0.4 is 0 Å².